The van der Waals surface area contributed by atoms with Crippen LogP contribution in [0.1, 0.15) is 38.1 Å². The lowest BCUT2D eigenvalue weighted by atomic mass is 10.2. The highest BCUT2D eigenvalue weighted by atomic mass is 16.8. The number of hydrogen-bond donors (Lipinski definition) is 1. The average Bonchev–Trinajstić information content (AvgIpc) is 2.46. The van der Waals surface area contributed by atoms with Crippen LogP contribution in [0.15, 0.2) is 24.3 Å². The van der Waals surface area contributed by atoms with Crippen molar-refractivity contribution in [2.24, 2.45) is 0 Å². The van der Waals surface area contributed by atoms with Gasteiger partial charge in [0, 0.05) is 5.69 Å². The van der Waals surface area contributed by atoms with Gasteiger partial charge in [0.2, 0.25) is 6.79 Å². The lowest BCUT2D eigenvalue weighted by Crippen LogP contribution is -2.27. The highest BCUT2D eigenvalue weighted by Crippen LogP contribution is 2.13. The van der Waals surface area contributed by atoms with Gasteiger partial charge in [-0.15, -0.1) is 0 Å². The summed E-state index contributed by atoms with van der Waals surface area (Å²) in [5.74, 6) is -0.678. The Hall–Kier alpha value is -2.77. The molecular formula is C16H21NO7. The first kappa shape index (κ1) is 19.3. The van der Waals surface area contributed by atoms with E-state index in [0.717, 1.165) is 0 Å². The molecular weight excluding hydrogens is 318 g/mol. The summed E-state index contributed by atoms with van der Waals surface area (Å²) in [6.45, 7) is 6.51. The van der Waals surface area contributed by atoms with E-state index in [1.165, 1.54) is 24.3 Å². The Morgan fingerprint density at radius 1 is 1.00 bits per heavy atom. The summed E-state index contributed by atoms with van der Waals surface area (Å²) in [7, 11) is 0. The van der Waals surface area contributed by atoms with Crippen molar-refractivity contribution < 1.29 is 33.3 Å². The molecule has 0 unspecified atom stereocenters. The predicted octanol–water partition coefficient (Wildman–Crippen LogP) is 3.32. The summed E-state index contributed by atoms with van der Waals surface area (Å²) in [4.78, 5) is 34.3. The zero-order valence-corrected chi connectivity index (χ0v) is 14.1. The van der Waals surface area contributed by atoms with Gasteiger partial charge < -0.3 is 18.9 Å². The normalized spacial score (nSPS) is 10.5. The van der Waals surface area contributed by atoms with Crippen molar-refractivity contribution in [3.63, 3.8) is 0 Å². The van der Waals surface area contributed by atoms with Crippen LogP contribution in [0.4, 0.5) is 15.3 Å². The van der Waals surface area contributed by atoms with Crippen molar-refractivity contribution in [1.29, 1.82) is 0 Å². The van der Waals surface area contributed by atoms with Gasteiger partial charge in [-0.3, -0.25) is 5.32 Å². The first-order valence-corrected chi connectivity index (χ1v) is 7.28. The fourth-order valence-electron chi connectivity index (χ4n) is 1.49. The molecule has 8 heteroatoms. The lowest BCUT2D eigenvalue weighted by molar-refractivity contribution is -0.0262. The minimum absolute atomic E-state index is 0.166. The van der Waals surface area contributed by atoms with Crippen LogP contribution in [0.5, 0.6) is 0 Å². The number of amides is 1. The molecule has 1 rings (SSSR count). The van der Waals surface area contributed by atoms with E-state index in [1.54, 1.807) is 27.7 Å². The van der Waals surface area contributed by atoms with E-state index < -0.39 is 30.6 Å². The van der Waals surface area contributed by atoms with E-state index in [9.17, 15) is 14.4 Å². The second-order valence-electron chi connectivity index (χ2n) is 5.58. The molecule has 0 atom stereocenters. The highest BCUT2D eigenvalue weighted by Gasteiger charge is 2.16. The molecule has 0 spiro atoms. The standard InChI is InChI=1S/C16H21NO7/c1-5-21-15(20)23-10-22-13(18)11-6-8-12(9-7-11)17-14(19)24-16(2,3)4/h6-9H,5,10H2,1-4H3,(H,17,19). The largest absolute Gasteiger partial charge is 0.511 e. The van der Waals surface area contributed by atoms with Gasteiger partial charge in [0.1, 0.15) is 5.60 Å². The molecule has 0 fully saturated rings. The zero-order valence-electron chi connectivity index (χ0n) is 14.1. The minimum Gasteiger partial charge on any atom is -0.444 e. The van der Waals surface area contributed by atoms with E-state index in [-0.39, 0.29) is 12.2 Å². The molecule has 1 aromatic carbocycles. The van der Waals surface area contributed by atoms with Gasteiger partial charge >= 0.3 is 18.2 Å². The summed E-state index contributed by atoms with van der Waals surface area (Å²) in [6.07, 6.45) is -1.51. The van der Waals surface area contributed by atoms with Crippen molar-refractivity contribution >= 4 is 23.9 Å². The predicted molar refractivity (Wildman–Crippen MR) is 84.7 cm³/mol. The van der Waals surface area contributed by atoms with Crippen LogP contribution in [-0.4, -0.2) is 37.2 Å². The zero-order chi connectivity index (χ0) is 18.2. The molecule has 24 heavy (non-hydrogen) atoms. The lowest BCUT2D eigenvalue weighted by Gasteiger charge is -2.19. The molecule has 0 aromatic heterocycles. The van der Waals surface area contributed by atoms with Crippen LogP contribution in [-0.2, 0) is 18.9 Å². The first-order valence-electron chi connectivity index (χ1n) is 7.28. The molecule has 0 aliphatic rings. The Kier molecular flexibility index (Phi) is 7.03. The SMILES string of the molecule is CCOC(=O)OCOC(=O)c1ccc(NC(=O)OC(C)(C)C)cc1. The van der Waals surface area contributed by atoms with E-state index in [2.05, 4.69) is 14.8 Å². The van der Waals surface area contributed by atoms with Gasteiger partial charge in [-0.25, -0.2) is 14.4 Å². The quantitative estimate of drug-likeness (QED) is 0.499. The van der Waals surface area contributed by atoms with Gasteiger partial charge in [0.05, 0.1) is 12.2 Å². The van der Waals surface area contributed by atoms with Gasteiger partial charge in [0.25, 0.3) is 0 Å². The van der Waals surface area contributed by atoms with E-state index >= 15 is 0 Å². The van der Waals surface area contributed by atoms with E-state index in [0.29, 0.717) is 5.69 Å². The number of nitrogens with one attached hydrogen (secondary N) is 1. The van der Waals surface area contributed by atoms with Gasteiger partial charge in [-0.1, -0.05) is 0 Å². The molecule has 0 saturated carbocycles. The summed E-state index contributed by atoms with van der Waals surface area (Å²) in [5.41, 5.74) is 0.0907. The van der Waals surface area contributed by atoms with Crippen LogP contribution in [0, 0.1) is 0 Å². The van der Waals surface area contributed by atoms with Gasteiger partial charge in [0.15, 0.2) is 0 Å². The molecule has 0 heterocycles. The Morgan fingerprint density at radius 2 is 1.62 bits per heavy atom. The maximum atomic E-state index is 11.7. The van der Waals surface area contributed by atoms with Crippen LogP contribution in [0.3, 0.4) is 0 Å². The molecule has 1 N–H and O–H groups in total. The molecule has 1 amide bonds. The Labute approximate surface area is 140 Å². The van der Waals surface area contributed by atoms with Crippen molar-refractivity contribution in [1.82, 2.24) is 0 Å². The van der Waals surface area contributed by atoms with Crippen LogP contribution in [0.25, 0.3) is 0 Å². The van der Waals surface area contributed by atoms with Crippen molar-refractivity contribution in [2.75, 3.05) is 18.7 Å². The monoisotopic (exact) mass is 339 g/mol. The smallest absolute Gasteiger partial charge is 0.444 e. The Bertz CT molecular complexity index is 575. The first-order chi connectivity index (χ1) is 11.2. The van der Waals surface area contributed by atoms with Gasteiger partial charge in [-0.2, -0.15) is 0 Å². The van der Waals surface area contributed by atoms with Crippen LogP contribution < -0.4 is 5.32 Å². The van der Waals surface area contributed by atoms with E-state index in [1.807, 2.05) is 0 Å². The maximum absolute atomic E-state index is 11.7. The highest BCUT2D eigenvalue weighted by molar-refractivity contribution is 5.91. The molecule has 0 aliphatic heterocycles. The summed E-state index contributed by atoms with van der Waals surface area (Å²) >= 11 is 0. The van der Waals surface area contributed by atoms with Crippen molar-refractivity contribution in [3.05, 3.63) is 29.8 Å². The average molecular weight is 339 g/mol. The third-order valence-corrected chi connectivity index (χ3v) is 2.39. The number of esters is 1. The fraction of sp³-hybridized carbons (Fsp3) is 0.438. The third-order valence-electron chi connectivity index (χ3n) is 2.39. The fourth-order valence-corrected chi connectivity index (χ4v) is 1.49. The van der Waals surface area contributed by atoms with Crippen molar-refractivity contribution in [3.8, 4) is 0 Å². The number of ether oxygens (including phenoxy) is 4. The number of benzene rings is 1. The van der Waals surface area contributed by atoms with Gasteiger partial charge in [-0.05, 0) is 52.0 Å². The Morgan fingerprint density at radius 3 is 2.17 bits per heavy atom. The second-order valence-corrected chi connectivity index (χ2v) is 5.58. The van der Waals surface area contributed by atoms with Crippen LogP contribution in [0.2, 0.25) is 0 Å². The number of carbonyl (C=O) groups is 3. The molecule has 0 aliphatic carbocycles. The summed E-state index contributed by atoms with van der Waals surface area (Å²) in [5, 5.41) is 2.54. The Balaban J connectivity index is 2.47. The molecule has 132 valence electrons. The summed E-state index contributed by atoms with van der Waals surface area (Å²) in [6, 6.07) is 5.96. The number of anilines is 1. The third kappa shape index (κ3) is 7.48. The maximum Gasteiger partial charge on any atom is 0.511 e. The topological polar surface area (TPSA) is 100 Å². The second kappa shape index (κ2) is 8.76. The number of carbonyl (C=O) groups excluding carboxylic acids is 3. The minimum atomic E-state index is -0.915. The van der Waals surface area contributed by atoms with Crippen molar-refractivity contribution in [2.45, 2.75) is 33.3 Å². The molecule has 0 bridgehead atoms. The molecule has 8 nitrogen and oxygen atoms in total. The number of hydrogen-bond acceptors (Lipinski definition) is 7. The number of rotatable bonds is 5. The molecule has 1 aromatic rings. The summed E-state index contributed by atoms with van der Waals surface area (Å²) < 4.78 is 18.9. The molecule has 0 saturated heterocycles. The van der Waals surface area contributed by atoms with Crippen LogP contribution >= 0.6 is 0 Å². The van der Waals surface area contributed by atoms with E-state index in [4.69, 9.17) is 9.47 Å². The molecule has 0 radical (unpaired) electrons.